The molecule has 140 valence electrons. The summed E-state index contributed by atoms with van der Waals surface area (Å²) in [6.07, 6.45) is 6.42. The maximum atomic E-state index is 13.4. The lowest BCUT2D eigenvalue weighted by Crippen LogP contribution is -2.34. The van der Waals surface area contributed by atoms with Gasteiger partial charge in [0.05, 0.1) is 5.69 Å². The van der Waals surface area contributed by atoms with Gasteiger partial charge >= 0.3 is 0 Å². The fourth-order valence-corrected chi connectivity index (χ4v) is 4.34. The summed E-state index contributed by atoms with van der Waals surface area (Å²) in [6, 6.07) is 16.9. The molecular formula is C24H28N2O. The highest BCUT2D eigenvalue weighted by molar-refractivity contribution is 5.83. The molecule has 0 saturated heterocycles. The number of aromatic amines is 1. The SMILES string of the molecule is Cc1ccc2[nH]c(-c3ccccc3)c(CN(C)C3CCCCC3)c(=O)c2c1. The van der Waals surface area contributed by atoms with Crippen LogP contribution in [0.5, 0.6) is 0 Å². The Morgan fingerprint density at radius 3 is 2.52 bits per heavy atom. The number of hydrogen-bond acceptors (Lipinski definition) is 2. The Balaban J connectivity index is 1.83. The van der Waals surface area contributed by atoms with Gasteiger partial charge in [-0.05, 0) is 44.5 Å². The number of benzene rings is 2. The average Bonchev–Trinajstić information content (AvgIpc) is 2.71. The molecule has 0 spiro atoms. The molecule has 4 rings (SSSR count). The van der Waals surface area contributed by atoms with E-state index in [-0.39, 0.29) is 5.43 Å². The molecule has 27 heavy (non-hydrogen) atoms. The van der Waals surface area contributed by atoms with Crippen molar-refractivity contribution >= 4 is 10.9 Å². The number of nitrogens with zero attached hydrogens (tertiary/aromatic N) is 1. The van der Waals surface area contributed by atoms with E-state index in [1.165, 1.54) is 32.1 Å². The van der Waals surface area contributed by atoms with Gasteiger partial charge in [-0.2, -0.15) is 0 Å². The first-order chi connectivity index (χ1) is 13.1. The minimum Gasteiger partial charge on any atom is -0.354 e. The highest BCUT2D eigenvalue weighted by atomic mass is 16.1. The Morgan fingerprint density at radius 1 is 1.04 bits per heavy atom. The van der Waals surface area contributed by atoms with E-state index in [1.54, 1.807) is 0 Å². The third kappa shape index (κ3) is 3.70. The Morgan fingerprint density at radius 2 is 1.78 bits per heavy atom. The van der Waals surface area contributed by atoms with Gasteiger partial charge in [-0.1, -0.05) is 61.2 Å². The van der Waals surface area contributed by atoms with Crippen molar-refractivity contribution in [3.63, 3.8) is 0 Å². The molecule has 0 bridgehead atoms. The fourth-order valence-electron chi connectivity index (χ4n) is 4.34. The minimum absolute atomic E-state index is 0.161. The fraction of sp³-hybridized carbons (Fsp3) is 0.375. The second-order valence-electron chi connectivity index (χ2n) is 7.93. The van der Waals surface area contributed by atoms with Gasteiger partial charge in [0.15, 0.2) is 5.43 Å². The standard InChI is InChI=1S/C24H28N2O/c1-17-13-14-22-20(15-17)24(27)21(16-26(2)19-11-7-4-8-12-19)23(25-22)18-9-5-3-6-10-18/h3,5-6,9-10,13-15,19H,4,7-8,11-12,16H2,1-2H3,(H,25,27). The molecule has 1 saturated carbocycles. The first-order valence-corrected chi connectivity index (χ1v) is 10.0. The molecule has 0 radical (unpaired) electrons. The van der Waals surface area contributed by atoms with Crippen LogP contribution >= 0.6 is 0 Å². The van der Waals surface area contributed by atoms with Crippen molar-refractivity contribution in [3.05, 3.63) is 69.9 Å². The van der Waals surface area contributed by atoms with E-state index < -0.39 is 0 Å². The van der Waals surface area contributed by atoms with E-state index in [0.717, 1.165) is 33.3 Å². The number of H-pyrrole nitrogens is 1. The lowest BCUT2D eigenvalue weighted by molar-refractivity contribution is 0.184. The van der Waals surface area contributed by atoms with Crippen LogP contribution in [0.25, 0.3) is 22.2 Å². The van der Waals surface area contributed by atoms with Gasteiger partial charge in [0, 0.05) is 29.1 Å². The van der Waals surface area contributed by atoms with Gasteiger partial charge in [-0.3, -0.25) is 9.69 Å². The van der Waals surface area contributed by atoms with Gasteiger partial charge in [0.25, 0.3) is 0 Å². The molecule has 1 N–H and O–H groups in total. The number of pyridine rings is 1. The average molecular weight is 361 g/mol. The van der Waals surface area contributed by atoms with E-state index in [0.29, 0.717) is 12.6 Å². The quantitative estimate of drug-likeness (QED) is 0.688. The van der Waals surface area contributed by atoms with Gasteiger partial charge in [0.1, 0.15) is 0 Å². The molecule has 0 atom stereocenters. The monoisotopic (exact) mass is 360 g/mol. The van der Waals surface area contributed by atoms with Gasteiger partial charge in [-0.25, -0.2) is 0 Å². The number of fused-ring (bicyclic) bond motifs is 1. The van der Waals surface area contributed by atoms with Crippen molar-refractivity contribution in [2.24, 2.45) is 0 Å². The molecule has 3 heteroatoms. The van der Waals surface area contributed by atoms with Crippen LogP contribution in [0.1, 0.15) is 43.2 Å². The summed E-state index contributed by atoms with van der Waals surface area (Å²) in [5.74, 6) is 0. The summed E-state index contributed by atoms with van der Waals surface area (Å²) in [5, 5.41) is 0.793. The molecule has 0 unspecified atom stereocenters. The number of aromatic nitrogens is 1. The second kappa shape index (κ2) is 7.69. The Bertz CT molecular complexity index is 984. The second-order valence-corrected chi connectivity index (χ2v) is 7.93. The maximum absolute atomic E-state index is 13.4. The van der Waals surface area contributed by atoms with Crippen molar-refractivity contribution in [2.45, 2.75) is 51.6 Å². The normalized spacial score (nSPS) is 15.5. The van der Waals surface area contributed by atoms with Crippen LogP contribution in [-0.2, 0) is 6.54 Å². The first-order valence-electron chi connectivity index (χ1n) is 10.0. The van der Waals surface area contributed by atoms with Crippen molar-refractivity contribution in [2.75, 3.05) is 7.05 Å². The van der Waals surface area contributed by atoms with E-state index in [4.69, 9.17) is 0 Å². The minimum atomic E-state index is 0.161. The van der Waals surface area contributed by atoms with Crippen LogP contribution < -0.4 is 5.43 Å². The van der Waals surface area contributed by atoms with E-state index in [1.807, 2.05) is 37.3 Å². The summed E-state index contributed by atoms with van der Waals surface area (Å²) in [5.41, 5.74) is 5.10. The topological polar surface area (TPSA) is 36.1 Å². The smallest absolute Gasteiger partial charge is 0.194 e. The predicted molar refractivity (Wildman–Crippen MR) is 113 cm³/mol. The van der Waals surface area contributed by atoms with E-state index in [9.17, 15) is 4.79 Å². The van der Waals surface area contributed by atoms with Gasteiger partial charge < -0.3 is 4.98 Å². The molecule has 2 aromatic carbocycles. The molecule has 3 nitrogen and oxygen atoms in total. The maximum Gasteiger partial charge on any atom is 0.194 e. The molecular weight excluding hydrogens is 332 g/mol. The largest absolute Gasteiger partial charge is 0.354 e. The molecule has 1 fully saturated rings. The Labute approximate surface area is 161 Å². The number of hydrogen-bond donors (Lipinski definition) is 1. The predicted octanol–water partition coefficient (Wildman–Crippen LogP) is 5.27. The third-order valence-electron chi connectivity index (χ3n) is 5.92. The molecule has 0 amide bonds. The summed E-state index contributed by atoms with van der Waals surface area (Å²) in [7, 11) is 2.17. The summed E-state index contributed by atoms with van der Waals surface area (Å²) >= 11 is 0. The highest BCUT2D eigenvalue weighted by Crippen LogP contribution is 2.27. The lowest BCUT2D eigenvalue weighted by atomic mass is 9.93. The molecule has 3 aromatic rings. The number of rotatable bonds is 4. The molecule has 0 aliphatic heterocycles. The first kappa shape index (κ1) is 18.0. The Kier molecular flexibility index (Phi) is 5.13. The summed E-state index contributed by atoms with van der Waals surface area (Å²) in [4.78, 5) is 19.4. The van der Waals surface area contributed by atoms with Crippen LogP contribution in [0.4, 0.5) is 0 Å². The zero-order valence-corrected chi connectivity index (χ0v) is 16.3. The van der Waals surface area contributed by atoms with Crippen LogP contribution in [0, 0.1) is 6.92 Å². The molecule has 1 aromatic heterocycles. The molecule has 1 aliphatic carbocycles. The third-order valence-corrected chi connectivity index (χ3v) is 5.92. The summed E-state index contributed by atoms with van der Waals surface area (Å²) < 4.78 is 0. The molecule has 1 aliphatic rings. The van der Waals surface area contributed by atoms with Crippen molar-refractivity contribution in [1.29, 1.82) is 0 Å². The number of aryl methyl sites for hydroxylation is 1. The lowest BCUT2D eigenvalue weighted by Gasteiger charge is -2.31. The van der Waals surface area contributed by atoms with E-state index >= 15 is 0 Å². The summed E-state index contributed by atoms with van der Waals surface area (Å²) in [6.45, 7) is 2.73. The van der Waals surface area contributed by atoms with E-state index in [2.05, 4.69) is 35.1 Å². The van der Waals surface area contributed by atoms with Gasteiger partial charge in [0.2, 0.25) is 0 Å². The Hall–Kier alpha value is -2.39. The zero-order chi connectivity index (χ0) is 18.8. The van der Waals surface area contributed by atoms with Crippen molar-refractivity contribution in [3.8, 4) is 11.3 Å². The van der Waals surface area contributed by atoms with Crippen LogP contribution in [-0.4, -0.2) is 23.0 Å². The van der Waals surface area contributed by atoms with Crippen LogP contribution in [0.15, 0.2) is 53.3 Å². The zero-order valence-electron chi connectivity index (χ0n) is 16.3. The van der Waals surface area contributed by atoms with Crippen LogP contribution in [0.2, 0.25) is 0 Å². The highest BCUT2D eigenvalue weighted by Gasteiger charge is 2.21. The van der Waals surface area contributed by atoms with Gasteiger partial charge in [-0.15, -0.1) is 0 Å². The molecule has 1 heterocycles. The van der Waals surface area contributed by atoms with Crippen molar-refractivity contribution in [1.82, 2.24) is 9.88 Å². The van der Waals surface area contributed by atoms with Crippen molar-refractivity contribution < 1.29 is 0 Å². The number of nitrogens with one attached hydrogen (secondary N) is 1. The van der Waals surface area contributed by atoms with Crippen LogP contribution in [0.3, 0.4) is 0 Å².